The predicted octanol–water partition coefficient (Wildman–Crippen LogP) is 1.81. The summed E-state index contributed by atoms with van der Waals surface area (Å²) >= 11 is 0. The summed E-state index contributed by atoms with van der Waals surface area (Å²) in [6, 6.07) is 5.51. The normalized spacial score (nSPS) is 20.7. The maximum Gasteiger partial charge on any atom is 0.132 e. The molecule has 1 aliphatic heterocycles. The van der Waals surface area contributed by atoms with Crippen LogP contribution in [0.5, 0.6) is 0 Å². The number of likely N-dealkylation sites (N-methyl/N-ethyl adjacent to an activating group) is 1. The van der Waals surface area contributed by atoms with Crippen molar-refractivity contribution in [3.8, 4) is 0 Å². The van der Waals surface area contributed by atoms with Crippen LogP contribution in [0, 0.1) is 5.82 Å². The lowest BCUT2D eigenvalue weighted by molar-refractivity contribution is 0.0355. The van der Waals surface area contributed by atoms with Gasteiger partial charge in [-0.1, -0.05) is 18.2 Å². The fourth-order valence-electron chi connectivity index (χ4n) is 2.63. The standard InChI is InChI=1S/C15H24FN3/c1-15(2)11-19(8-7-18(15)3)10-13-6-4-5-12(9-17)14(13)16/h4-6H,7-11,17H2,1-3H3. The molecule has 0 aliphatic carbocycles. The van der Waals surface area contributed by atoms with Crippen molar-refractivity contribution >= 4 is 0 Å². The van der Waals surface area contributed by atoms with Gasteiger partial charge in [-0.3, -0.25) is 9.80 Å². The van der Waals surface area contributed by atoms with E-state index in [4.69, 9.17) is 5.73 Å². The molecule has 1 saturated heterocycles. The van der Waals surface area contributed by atoms with E-state index in [1.807, 2.05) is 12.1 Å². The number of rotatable bonds is 3. The molecular weight excluding hydrogens is 241 g/mol. The number of nitrogens with two attached hydrogens (primary N) is 1. The van der Waals surface area contributed by atoms with Crippen molar-refractivity contribution in [1.29, 1.82) is 0 Å². The van der Waals surface area contributed by atoms with Crippen molar-refractivity contribution < 1.29 is 4.39 Å². The first-order valence-corrected chi connectivity index (χ1v) is 6.84. The molecule has 2 N–H and O–H groups in total. The van der Waals surface area contributed by atoms with Crippen molar-refractivity contribution in [3.63, 3.8) is 0 Å². The van der Waals surface area contributed by atoms with Crippen LogP contribution >= 0.6 is 0 Å². The minimum absolute atomic E-state index is 0.137. The Balaban J connectivity index is 2.10. The molecule has 19 heavy (non-hydrogen) atoms. The van der Waals surface area contributed by atoms with Crippen LogP contribution in [-0.2, 0) is 13.1 Å². The zero-order valence-corrected chi connectivity index (χ0v) is 12.1. The van der Waals surface area contributed by atoms with Crippen LogP contribution in [0.3, 0.4) is 0 Å². The first kappa shape index (κ1) is 14.4. The molecule has 0 unspecified atom stereocenters. The molecule has 4 heteroatoms. The van der Waals surface area contributed by atoms with E-state index in [-0.39, 0.29) is 17.9 Å². The van der Waals surface area contributed by atoms with Crippen molar-refractivity contribution in [1.82, 2.24) is 9.80 Å². The van der Waals surface area contributed by atoms with Gasteiger partial charge in [0.05, 0.1) is 0 Å². The maximum atomic E-state index is 14.2. The second-order valence-electron chi connectivity index (χ2n) is 6.04. The van der Waals surface area contributed by atoms with Gasteiger partial charge in [-0.15, -0.1) is 0 Å². The fraction of sp³-hybridized carbons (Fsp3) is 0.600. The summed E-state index contributed by atoms with van der Waals surface area (Å²) in [5, 5.41) is 0. The zero-order chi connectivity index (χ0) is 14.0. The molecule has 1 heterocycles. The minimum Gasteiger partial charge on any atom is -0.326 e. The number of nitrogens with zero attached hydrogens (tertiary/aromatic N) is 2. The van der Waals surface area contributed by atoms with E-state index in [0.717, 1.165) is 25.2 Å². The molecule has 1 fully saturated rings. The molecule has 0 amide bonds. The van der Waals surface area contributed by atoms with E-state index in [1.165, 1.54) is 0 Å². The third-order valence-electron chi connectivity index (χ3n) is 4.17. The highest BCUT2D eigenvalue weighted by molar-refractivity contribution is 5.26. The molecule has 1 aliphatic rings. The summed E-state index contributed by atoms with van der Waals surface area (Å²) in [4.78, 5) is 4.68. The van der Waals surface area contributed by atoms with Gasteiger partial charge >= 0.3 is 0 Å². The third kappa shape index (κ3) is 3.14. The molecule has 2 rings (SSSR count). The van der Waals surface area contributed by atoms with Gasteiger partial charge < -0.3 is 5.73 Å². The number of benzene rings is 1. The van der Waals surface area contributed by atoms with Gasteiger partial charge in [0.2, 0.25) is 0 Å². The Morgan fingerprint density at radius 2 is 1.95 bits per heavy atom. The van der Waals surface area contributed by atoms with Crippen LogP contribution in [0.2, 0.25) is 0 Å². The lowest BCUT2D eigenvalue weighted by Crippen LogP contribution is -2.57. The predicted molar refractivity (Wildman–Crippen MR) is 76.3 cm³/mol. The SMILES string of the molecule is CN1CCN(Cc2cccc(CN)c2F)CC1(C)C. The summed E-state index contributed by atoms with van der Waals surface area (Å²) in [6.45, 7) is 8.33. The minimum atomic E-state index is -0.137. The van der Waals surface area contributed by atoms with Crippen LogP contribution in [0.4, 0.5) is 4.39 Å². The van der Waals surface area contributed by atoms with Crippen molar-refractivity contribution in [2.24, 2.45) is 5.73 Å². The Hall–Kier alpha value is -0.970. The third-order valence-corrected chi connectivity index (χ3v) is 4.17. The average Bonchev–Trinajstić information content (AvgIpc) is 2.36. The molecule has 1 aromatic rings. The number of halogens is 1. The van der Waals surface area contributed by atoms with E-state index in [9.17, 15) is 4.39 Å². The highest BCUT2D eigenvalue weighted by Crippen LogP contribution is 2.22. The number of piperazine rings is 1. The molecular formula is C15H24FN3. The van der Waals surface area contributed by atoms with E-state index < -0.39 is 0 Å². The van der Waals surface area contributed by atoms with Gasteiger partial charge in [0.25, 0.3) is 0 Å². The average molecular weight is 265 g/mol. The summed E-state index contributed by atoms with van der Waals surface area (Å²) in [5.74, 6) is -0.137. The lowest BCUT2D eigenvalue weighted by atomic mass is 9.99. The molecule has 106 valence electrons. The molecule has 0 radical (unpaired) electrons. The molecule has 3 nitrogen and oxygen atoms in total. The van der Waals surface area contributed by atoms with Crippen LogP contribution in [0.15, 0.2) is 18.2 Å². The smallest absolute Gasteiger partial charge is 0.132 e. The van der Waals surface area contributed by atoms with Gasteiger partial charge in [0.1, 0.15) is 5.82 Å². The second kappa shape index (κ2) is 5.57. The molecule has 0 bridgehead atoms. The van der Waals surface area contributed by atoms with Gasteiger partial charge in [0, 0.05) is 49.4 Å². The van der Waals surface area contributed by atoms with Crippen molar-refractivity contribution in [2.45, 2.75) is 32.5 Å². The summed E-state index contributed by atoms with van der Waals surface area (Å²) in [6.07, 6.45) is 0. The quantitative estimate of drug-likeness (QED) is 0.904. The summed E-state index contributed by atoms with van der Waals surface area (Å²) in [5.41, 5.74) is 7.05. The number of hydrogen-bond acceptors (Lipinski definition) is 3. The molecule has 1 aromatic carbocycles. The first-order valence-electron chi connectivity index (χ1n) is 6.84. The van der Waals surface area contributed by atoms with Crippen LogP contribution in [0.25, 0.3) is 0 Å². The highest BCUT2D eigenvalue weighted by atomic mass is 19.1. The van der Waals surface area contributed by atoms with E-state index in [1.54, 1.807) is 6.07 Å². The molecule has 0 aromatic heterocycles. The second-order valence-corrected chi connectivity index (χ2v) is 6.04. The Labute approximate surface area is 115 Å². The van der Waals surface area contributed by atoms with Gasteiger partial charge in [-0.25, -0.2) is 4.39 Å². The lowest BCUT2D eigenvalue weighted by Gasteiger charge is -2.45. The molecule has 0 saturated carbocycles. The van der Waals surface area contributed by atoms with Gasteiger partial charge in [-0.05, 0) is 20.9 Å². The van der Waals surface area contributed by atoms with Crippen LogP contribution in [0.1, 0.15) is 25.0 Å². The van der Waals surface area contributed by atoms with E-state index in [0.29, 0.717) is 12.1 Å². The Kier molecular flexibility index (Phi) is 4.23. The van der Waals surface area contributed by atoms with E-state index >= 15 is 0 Å². The topological polar surface area (TPSA) is 32.5 Å². The molecule has 0 atom stereocenters. The van der Waals surface area contributed by atoms with Gasteiger partial charge in [0.15, 0.2) is 0 Å². The highest BCUT2D eigenvalue weighted by Gasteiger charge is 2.31. The monoisotopic (exact) mass is 265 g/mol. The maximum absolute atomic E-state index is 14.2. The summed E-state index contributed by atoms with van der Waals surface area (Å²) in [7, 11) is 2.15. The van der Waals surface area contributed by atoms with Crippen LogP contribution < -0.4 is 5.73 Å². The van der Waals surface area contributed by atoms with Crippen molar-refractivity contribution in [2.75, 3.05) is 26.7 Å². The van der Waals surface area contributed by atoms with Crippen LogP contribution in [-0.4, -0.2) is 42.0 Å². The first-order chi connectivity index (χ1) is 8.94. The Bertz CT molecular complexity index is 445. The largest absolute Gasteiger partial charge is 0.326 e. The van der Waals surface area contributed by atoms with E-state index in [2.05, 4.69) is 30.7 Å². The number of hydrogen-bond donors (Lipinski definition) is 1. The van der Waals surface area contributed by atoms with Crippen molar-refractivity contribution in [3.05, 3.63) is 35.1 Å². The summed E-state index contributed by atoms with van der Waals surface area (Å²) < 4.78 is 14.2. The molecule has 0 spiro atoms. The Morgan fingerprint density at radius 1 is 1.26 bits per heavy atom. The zero-order valence-electron chi connectivity index (χ0n) is 12.1. The van der Waals surface area contributed by atoms with Gasteiger partial charge in [-0.2, -0.15) is 0 Å². The fourth-order valence-corrected chi connectivity index (χ4v) is 2.63. The Morgan fingerprint density at radius 3 is 2.58 bits per heavy atom.